The Morgan fingerprint density at radius 3 is 2.52 bits per heavy atom. The van der Waals surface area contributed by atoms with Crippen molar-refractivity contribution >= 4 is 11.9 Å². The number of carbonyl (C=O) groups is 2. The Labute approximate surface area is 124 Å². The molecule has 1 N–H and O–H groups in total. The Morgan fingerprint density at radius 1 is 1.29 bits per heavy atom. The van der Waals surface area contributed by atoms with Gasteiger partial charge >= 0.3 is 5.97 Å². The van der Waals surface area contributed by atoms with E-state index in [0.717, 1.165) is 11.1 Å². The molecule has 1 aromatic rings. The van der Waals surface area contributed by atoms with Gasteiger partial charge in [0, 0.05) is 13.1 Å². The zero-order valence-corrected chi connectivity index (χ0v) is 12.4. The molecule has 21 heavy (non-hydrogen) atoms. The third-order valence-electron chi connectivity index (χ3n) is 3.89. The molecule has 5 heteroatoms. The first-order valence-corrected chi connectivity index (χ1v) is 7.24. The molecule has 2 rings (SSSR count). The van der Waals surface area contributed by atoms with Gasteiger partial charge in [-0.05, 0) is 37.8 Å². The van der Waals surface area contributed by atoms with Crippen LogP contribution < -0.4 is 0 Å². The van der Waals surface area contributed by atoms with Crippen LogP contribution in [0.3, 0.4) is 0 Å². The minimum Gasteiger partial charge on any atom is -0.479 e. The molecule has 1 aliphatic rings. The summed E-state index contributed by atoms with van der Waals surface area (Å²) in [4.78, 5) is 25.1. The van der Waals surface area contributed by atoms with Crippen molar-refractivity contribution < 1.29 is 19.4 Å². The molecule has 1 fully saturated rings. The maximum absolute atomic E-state index is 12.5. The van der Waals surface area contributed by atoms with Gasteiger partial charge in [0.2, 0.25) is 0 Å². The Balaban J connectivity index is 2.03. The second kappa shape index (κ2) is 6.72. The highest BCUT2D eigenvalue weighted by molar-refractivity contribution is 5.82. The summed E-state index contributed by atoms with van der Waals surface area (Å²) in [6.07, 6.45) is -0.612. The maximum Gasteiger partial charge on any atom is 0.332 e. The van der Waals surface area contributed by atoms with Gasteiger partial charge in [-0.1, -0.05) is 24.3 Å². The molecule has 1 heterocycles. The molecule has 1 saturated heterocycles. The highest BCUT2D eigenvalue weighted by Crippen LogP contribution is 2.22. The number of aryl methyl sites for hydroxylation is 1. The summed E-state index contributed by atoms with van der Waals surface area (Å²) in [7, 11) is 0. The van der Waals surface area contributed by atoms with Crippen LogP contribution in [0.5, 0.6) is 0 Å². The smallest absolute Gasteiger partial charge is 0.332 e. The first-order valence-electron chi connectivity index (χ1n) is 7.24. The normalized spacial score (nSPS) is 21.2. The number of ether oxygens (including phenoxy) is 1. The van der Waals surface area contributed by atoms with Crippen molar-refractivity contribution in [2.24, 2.45) is 0 Å². The van der Waals surface area contributed by atoms with Crippen LogP contribution in [0.15, 0.2) is 24.3 Å². The highest BCUT2D eigenvalue weighted by Gasteiger charge is 2.36. The summed E-state index contributed by atoms with van der Waals surface area (Å²) >= 11 is 0. The van der Waals surface area contributed by atoms with Crippen LogP contribution in [0.4, 0.5) is 0 Å². The van der Waals surface area contributed by atoms with Crippen LogP contribution in [0.25, 0.3) is 0 Å². The van der Waals surface area contributed by atoms with E-state index in [1.54, 1.807) is 4.90 Å². The largest absolute Gasteiger partial charge is 0.479 e. The number of carboxylic acid groups (broad SMARTS) is 1. The topological polar surface area (TPSA) is 66.8 Å². The molecule has 0 bridgehead atoms. The fourth-order valence-electron chi connectivity index (χ4n) is 2.54. The van der Waals surface area contributed by atoms with E-state index in [1.807, 2.05) is 38.1 Å². The second-order valence-electron chi connectivity index (χ2n) is 5.31. The van der Waals surface area contributed by atoms with Crippen molar-refractivity contribution in [3.05, 3.63) is 35.4 Å². The number of likely N-dealkylation sites (N-methyl/N-ethyl adjacent to an activating group) is 1. The molecule has 114 valence electrons. The van der Waals surface area contributed by atoms with Gasteiger partial charge in [0.25, 0.3) is 5.91 Å². The number of hydrogen-bond acceptors (Lipinski definition) is 3. The lowest BCUT2D eigenvalue weighted by atomic mass is 10.1. The van der Waals surface area contributed by atoms with Crippen molar-refractivity contribution in [1.29, 1.82) is 0 Å². The van der Waals surface area contributed by atoms with Crippen molar-refractivity contribution in [3.8, 4) is 0 Å². The van der Waals surface area contributed by atoms with E-state index in [1.165, 1.54) is 0 Å². The Hall–Kier alpha value is -1.88. The lowest BCUT2D eigenvalue weighted by molar-refractivity contribution is -0.155. The highest BCUT2D eigenvalue weighted by atomic mass is 16.5. The monoisotopic (exact) mass is 291 g/mol. The molecule has 5 nitrogen and oxygen atoms in total. The van der Waals surface area contributed by atoms with E-state index in [4.69, 9.17) is 9.84 Å². The summed E-state index contributed by atoms with van der Waals surface area (Å²) in [5.74, 6) is -1.11. The predicted molar refractivity (Wildman–Crippen MR) is 77.8 cm³/mol. The summed E-state index contributed by atoms with van der Waals surface area (Å²) in [6, 6.07) is 7.93. The summed E-state index contributed by atoms with van der Waals surface area (Å²) in [5.41, 5.74) is 2.24. The average Bonchev–Trinajstić information content (AvgIpc) is 2.96. The Kier molecular flexibility index (Phi) is 4.96. The van der Waals surface area contributed by atoms with Gasteiger partial charge in [-0.15, -0.1) is 0 Å². The van der Waals surface area contributed by atoms with E-state index in [2.05, 4.69) is 0 Å². The molecule has 0 spiro atoms. The van der Waals surface area contributed by atoms with E-state index < -0.39 is 18.2 Å². The molecular formula is C16H21NO4. The third-order valence-corrected chi connectivity index (χ3v) is 3.89. The number of benzene rings is 1. The quantitative estimate of drug-likeness (QED) is 0.900. The van der Waals surface area contributed by atoms with Gasteiger partial charge in [-0.3, -0.25) is 4.79 Å². The number of carbonyl (C=O) groups excluding carboxylic acids is 1. The molecule has 1 amide bonds. The average molecular weight is 291 g/mol. The minimum absolute atomic E-state index is 0.121. The van der Waals surface area contributed by atoms with Gasteiger partial charge < -0.3 is 14.7 Å². The Morgan fingerprint density at radius 2 is 1.95 bits per heavy atom. The number of carboxylic acids is 1. The molecular weight excluding hydrogens is 270 g/mol. The van der Waals surface area contributed by atoms with Crippen LogP contribution in [-0.2, 0) is 20.9 Å². The molecule has 1 aliphatic heterocycles. The van der Waals surface area contributed by atoms with E-state index in [9.17, 15) is 9.59 Å². The first-order chi connectivity index (χ1) is 10.0. The van der Waals surface area contributed by atoms with Crippen LogP contribution in [0.1, 0.15) is 30.9 Å². The van der Waals surface area contributed by atoms with Gasteiger partial charge in [0.15, 0.2) is 6.10 Å². The molecule has 0 unspecified atom stereocenters. The zero-order valence-electron chi connectivity index (χ0n) is 12.4. The molecule has 0 saturated carbocycles. The fraction of sp³-hybridized carbons (Fsp3) is 0.500. The maximum atomic E-state index is 12.5. The first kappa shape index (κ1) is 15.5. The lowest BCUT2D eigenvalue weighted by Gasteiger charge is -2.25. The van der Waals surface area contributed by atoms with Crippen molar-refractivity contribution in [3.63, 3.8) is 0 Å². The molecule has 0 radical (unpaired) electrons. The predicted octanol–water partition coefficient (Wildman–Crippen LogP) is 1.98. The second-order valence-corrected chi connectivity index (χ2v) is 5.31. The van der Waals surface area contributed by atoms with Crippen LogP contribution >= 0.6 is 0 Å². The molecule has 2 atom stereocenters. The van der Waals surface area contributed by atoms with E-state index >= 15 is 0 Å². The summed E-state index contributed by atoms with van der Waals surface area (Å²) in [6.45, 7) is 5.03. The summed E-state index contributed by atoms with van der Waals surface area (Å²) < 4.78 is 5.34. The number of nitrogens with zero attached hydrogens (tertiary/aromatic N) is 1. The van der Waals surface area contributed by atoms with Gasteiger partial charge in [-0.25, -0.2) is 4.79 Å². The number of aliphatic carboxylic acids is 1. The standard InChI is InChI=1S/C16H21NO4/c1-3-17(10-12-7-5-4-6-11(12)2)15(18)13-8-9-14(21-13)16(19)20/h4-7,13-14H,3,8-10H2,1-2H3,(H,19,20)/t13-,14+/m0/s1. The van der Waals surface area contributed by atoms with Gasteiger partial charge in [-0.2, -0.15) is 0 Å². The summed E-state index contributed by atoms with van der Waals surface area (Å²) in [5, 5.41) is 8.93. The zero-order chi connectivity index (χ0) is 15.4. The number of rotatable bonds is 5. The van der Waals surface area contributed by atoms with Crippen molar-refractivity contribution in [2.75, 3.05) is 6.54 Å². The van der Waals surface area contributed by atoms with Crippen LogP contribution in [0, 0.1) is 6.92 Å². The number of amides is 1. The molecule has 0 aromatic heterocycles. The van der Waals surface area contributed by atoms with Gasteiger partial charge in [0.05, 0.1) is 0 Å². The SMILES string of the molecule is CCN(Cc1ccccc1C)C(=O)[C@@H]1CC[C@H](C(=O)O)O1. The lowest BCUT2D eigenvalue weighted by Crippen LogP contribution is -2.39. The van der Waals surface area contributed by atoms with E-state index in [0.29, 0.717) is 25.9 Å². The number of hydrogen-bond donors (Lipinski definition) is 1. The van der Waals surface area contributed by atoms with E-state index in [-0.39, 0.29) is 5.91 Å². The molecule has 1 aromatic carbocycles. The van der Waals surface area contributed by atoms with Crippen molar-refractivity contribution in [2.45, 2.75) is 45.4 Å². The molecule has 0 aliphatic carbocycles. The van der Waals surface area contributed by atoms with Crippen molar-refractivity contribution in [1.82, 2.24) is 4.90 Å². The van der Waals surface area contributed by atoms with Gasteiger partial charge in [0.1, 0.15) is 6.10 Å². The van der Waals surface area contributed by atoms with Crippen LogP contribution in [-0.4, -0.2) is 40.6 Å². The third kappa shape index (κ3) is 3.61. The minimum atomic E-state index is -0.993. The fourth-order valence-corrected chi connectivity index (χ4v) is 2.54. The Bertz CT molecular complexity index is 529. The van der Waals surface area contributed by atoms with Crippen LogP contribution in [0.2, 0.25) is 0 Å².